The molecule has 0 aromatic carbocycles. The normalized spacial score (nSPS) is 17.2. The molecule has 1 aliphatic rings. The Balaban J connectivity index is 2.12. The van der Waals surface area contributed by atoms with E-state index in [9.17, 15) is 8.42 Å². The average Bonchev–Trinajstić information content (AvgIpc) is 2.81. The largest absolute Gasteiger partial charge is 0.292 e. The highest BCUT2D eigenvalue weighted by Gasteiger charge is 2.23. The maximum Gasteiger partial charge on any atom is 0.243 e. The Bertz CT molecular complexity index is 467. The Morgan fingerprint density at radius 2 is 1.82 bits per heavy atom. The maximum atomic E-state index is 11.9. The quantitative estimate of drug-likeness (QED) is 0.516. The first-order valence-electron chi connectivity index (χ1n) is 5.43. The maximum absolute atomic E-state index is 11.9. The van der Waals surface area contributed by atoms with Gasteiger partial charge in [0.15, 0.2) is 0 Å². The van der Waals surface area contributed by atoms with Crippen molar-refractivity contribution in [3.8, 4) is 0 Å². The summed E-state index contributed by atoms with van der Waals surface area (Å²) >= 11 is 0. The van der Waals surface area contributed by atoms with E-state index in [1.54, 1.807) is 0 Å². The van der Waals surface area contributed by atoms with Crippen molar-refractivity contribution in [2.24, 2.45) is 5.84 Å². The summed E-state index contributed by atoms with van der Waals surface area (Å²) in [7, 11) is -3.51. The molecule has 0 aliphatic heterocycles. The number of rotatable bonds is 4. The van der Waals surface area contributed by atoms with E-state index in [2.05, 4.69) is 20.1 Å². The van der Waals surface area contributed by atoms with Crippen molar-refractivity contribution in [2.75, 3.05) is 5.43 Å². The third-order valence-corrected chi connectivity index (χ3v) is 4.22. The minimum Gasteiger partial charge on any atom is -0.292 e. The number of hydrogen-bond acceptors (Lipinski definition) is 6. The zero-order chi connectivity index (χ0) is 12.3. The van der Waals surface area contributed by atoms with Gasteiger partial charge in [-0.05, 0) is 12.8 Å². The summed E-state index contributed by atoms with van der Waals surface area (Å²) in [5.41, 5.74) is 2.24. The van der Waals surface area contributed by atoms with E-state index in [1.165, 1.54) is 12.4 Å². The number of nitrogens with one attached hydrogen (secondary N) is 2. The van der Waals surface area contributed by atoms with Crippen LogP contribution in [0.5, 0.6) is 0 Å². The zero-order valence-electron chi connectivity index (χ0n) is 9.26. The van der Waals surface area contributed by atoms with Crippen LogP contribution in [-0.4, -0.2) is 24.4 Å². The summed E-state index contributed by atoms with van der Waals surface area (Å²) in [4.78, 5) is 7.60. The van der Waals surface area contributed by atoms with Gasteiger partial charge < -0.3 is 0 Å². The van der Waals surface area contributed by atoms with E-state index in [0.717, 1.165) is 25.7 Å². The third kappa shape index (κ3) is 2.90. The van der Waals surface area contributed by atoms with Crippen LogP contribution in [0.25, 0.3) is 0 Å². The Kier molecular flexibility index (Phi) is 3.55. The van der Waals surface area contributed by atoms with E-state index >= 15 is 0 Å². The zero-order valence-corrected chi connectivity index (χ0v) is 10.1. The fraction of sp³-hybridized carbons (Fsp3) is 0.556. The van der Waals surface area contributed by atoms with Gasteiger partial charge in [-0.3, -0.25) is 5.43 Å². The Labute approximate surface area is 99.9 Å². The smallest absolute Gasteiger partial charge is 0.243 e. The number of nitrogen functional groups attached to an aromatic ring is 1. The number of hydrogen-bond donors (Lipinski definition) is 3. The number of nitrogens with zero attached hydrogens (tertiary/aromatic N) is 2. The van der Waals surface area contributed by atoms with E-state index in [1.807, 2.05) is 0 Å². The van der Waals surface area contributed by atoms with Crippen molar-refractivity contribution >= 4 is 16.0 Å². The molecular formula is C9H15N5O2S. The highest BCUT2D eigenvalue weighted by molar-refractivity contribution is 7.89. The minimum absolute atomic E-state index is 0.0345. The van der Waals surface area contributed by atoms with Crippen molar-refractivity contribution in [1.82, 2.24) is 14.7 Å². The van der Waals surface area contributed by atoms with Gasteiger partial charge in [0.1, 0.15) is 4.90 Å². The van der Waals surface area contributed by atoms with Gasteiger partial charge in [0.25, 0.3) is 0 Å². The van der Waals surface area contributed by atoms with Crippen LogP contribution >= 0.6 is 0 Å². The van der Waals surface area contributed by atoms with Crippen LogP contribution < -0.4 is 16.0 Å². The predicted octanol–water partition coefficient (Wildman–Crippen LogP) is -0.0169. The number of nitrogens with two attached hydrogens (primary N) is 1. The molecule has 0 saturated heterocycles. The summed E-state index contributed by atoms with van der Waals surface area (Å²) in [5.74, 6) is 5.29. The van der Waals surface area contributed by atoms with Gasteiger partial charge in [0, 0.05) is 6.04 Å². The molecule has 1 fully saturated rings. The molecule has 1 saturated carbocycles. The number of anilines is 1. The lowest BCUT2D eigenvalue weighted by Gasteiger charge is -2.11. The number of sulfonamides is 1. The summed E-state index contributed by atoms with van der Waals surface area (Å²) in [5, 5.41) is 0. The van der Waals surface area contributed by atoms with Crippen LogP contribution in [0.4, 0.5) is 5.95 Å². The molecule has 1 aromatic rings. The molecule has 0 radical (unpaired) electrons. The second-order valence-corrected chi connectivity index (χ2v) is 5.70. The molecule has 0 spiro atoms. The van der Waals surface area contributed by atoms with Gasteiger partial charge in [-0.1, -0.05) is 12.8 Å². The first-order chi connectivity index (χ1) is 8.12. The molecule has 0 atom stereocenters. The molecule has 17 heavy (non-hydrogen) atoms. The van der Waals surface area contributed by atoms with Gasteiger partial charge in [-0.15, -0.1) is 0 Å². The predicted molar refractivity (Wildman–Crippen MR) is 62.4 cm³/mol. The fourth-order valence-corrected chi connectivity index (χ4v) is 3.05. The van der Waals surface area contributed by atoms with Crippen molar-refractivity contribution in [3.63, 3.8) is 0 Å². The van der Waals surface area contributed by atoms with Crippen LogP contribution in [0.3, 0.4) is 0 Å². The lowest BCUT2D eigenvalue weighted by molar-refractivity contribution is 0.551. The SMILES string of the molecule is NNc1ncc(S(=O)(=O)NC2CCCC2)cn1. The topological polar surface area (TPSA) is 110 Å². The Morgan fingerprint density at radius 1 is 1.24 bits per heavy atom. The summed E-state index contributed by atoms with van der Waals surface area (Å²) in [6.45, 7) is 0. The van der Waals surface area contributed by atoms with Crippen molar-refractivity contribution in [3.05, 3.63) is 12.4 Å². The van der Waals surface area contributed by atoms with Gasteiger partial charge in [-0.25, -0.2) is 29.0 Å². The van der Waals surface area contributed by atoms with Crippen molar-refractivity contribution in [1.29, 1.82) is 0 Å². The van der Waals surface area contributed by atoms with Gasteiger partial charge in [-0.2, -0.15) is 0 Å². The second kappa shape index (κ2) is 4.94. The molecule has 1 aliphatic carbocycles. The monoisotopic (exact) mass is 257 g/mol. The third-order valence-electron chi connectivity index (χ3n) is 2.74. The highest BCUT2D eigenvalue weighted by Crippen LogP contribution is 2.20. The first-order valence-corrected chi connectivity index (χ1v) is 6.91. The van der Waals surface area contributed by atoms with E-state index in [4.69, 9.17) is 5.84 Å². The summed E-state index contributed by atoms with van der Waals surface area (Å²) < 4.78 is 26.5. The molecule has 1 aromatic heterocycles. The Morgan fingerprint density at radius 3 is 2.35 bits per heavy atom. The molecule has 4 N–H and O–H groups in total. The number of hydrazine groups is 1. The van der Waals surface area contributed by atoms with E-state index < -0.39 is 10.0 Å². The highest BCUT2D eigenvalue weighted by atomic mass is 32.2. The lowest BCUT2D eigenvalue weighted by atomic mass is 10.3. The molecule has 0 bridgehead atoms. The molecule has 1 heterocycles. The van der Waals surface area contributed by atoms with E-state index in [-0.39, 0.29) is 16.9 Å². The summed E-state index contributed by atoms with van der Waals surface area (Å²) in [6, 6.07) is 0.0345. The fourth-order valence-electron chi connectivity index (χ4n) is 1.86. The van der Waals surface area contributed by atoms with Crippen molar-refractivity contribution < 1.29 is 8.42 Å². The van der Waals surface area contributed by atoms with Crippen LogP contribution in [0.1, 0.15) is 25.7 Å². The van der Waals surface area contributed by atoms with Crippen LogP contribution in [0, 0.1) is 0 Å². The molecule has 2 rings (SSSR count). The standard InChI is InChI=1S/C9H15N5O2S/c10-13-9-11-5-8(6-12-9)17(15,16)14-7-3-1-2-4-7/h5-7,14H,1-4,10H2,(H,11,12,13). The first kappa shape index (κ1) is 12.2. The van der Waals surface area contributed by atoms with Crippen LogP contribution in [0.2, 0.25) is 0 Å². The molecule has 8 heteroatoms. The van der Waals surface area contributed by atoms with Gasteiger partial charge >= 0.3 is 0 Å². The summed E-state index contributed by atoms with van der Waals surface area (Å²) in [6.07, 6.45) is 6.39. The molecule has 0 amide bonds. The van der Waals surface area contributed by atoms with Crippen LogP contribution in [-0.2, 0) is 10.0 Å². The van der Waals surface area contributed by atoms with Crippen LogP contribution in [0.15, 0.2) is 17.3 Å². The second-order valence-electron chi connectivity index (χ2n) is 3.99. The van der Waals surface area contributed by atoms with E-state index in [0.29, 0.717) is 0 Å². The van der Waals surface area contributed by atoms with Gasteiger partial charge in [0.2, 0.25) is 16.0 Å². The molecular weight excluding hydrogens is 242 g/mol. The molecule has 0 unspecified atom stereocenters. The van der Waals surface area contributed by atoms with Crippen molar-refractivity contribution in [2.45, 2.75) is 36.6 Å². The van der Waals surface area contributed by atoms with Gasteiger partial charge in [0.05, 0.1) is 12.4 Å². The minimum atomic E-state index is -3.51. The average molecular weight is 257 g/mol. The number of aromatic nitrogens is 2. The lowest BCUT2D eigenvalue weighted by Crippen LogP contribution is -2.32. The molecule has 94 valence electrons. The molecule has 7 nitrogen and oxygen atoms in total. The Hall–Kier alpha value is -1.25.